The summed E-state index contributed by atoms with van der Waals surface area (Å²) in [6.07, 6.45) is 3.02. The Kier molecular flexibility index (Phi) is 6.96. The topological polar surface area (TPSA) is 196 Å². The summed E-state index contributed by atoms with van der Waals surface area (Å²) in [6, 6.07) is 8.13. The molecule has 44 heavy (non-hydrogen) atoms. The molecule has 3 amide bonds. The summed E-state index contributed by atoms with van der Waals surface area (Å²) in [7, 11) is 0. The standard InChI is InChI=1S/C33H32N2O9/c1-2-3-4-7-15-10-17(14-35-31(42)19-8-5-6-9-20(19)32(35)43)26(37)24-21(15)12-16-11-18-13-22(36)25(30(34)41)29(40)33(18,44)28(39)23(16)27(24)38/h5-6,8-10,16,18,37-38,40,44H,2-4,7,11-14H2,1H3,(H2,34,41)/t16-,18+,33+/m1/s1. The van der Waals surface area contributed by atoms with Gasteiger partial charge in [0.05, 0.1) is 23.2 Å². The number of aryl methyl sites for hydroxylation is 1. The van der Waals surface area contributed by atoms with Crippen molar-refractivity contribution in [1.29, 1.82) is 0 Å². The first kappa shape index (κ1) is 29.3. The Hall–Kier alpha value is -4.77. The van der Waals surface area contributed by atoms with Crippen LogP contribution >= 0.6 is 0 Å². The first-order chi connectivity index (χ1) is 20.9. The molecule has 11 heteroatoms. The van der Waals surface area contributed by atoms with E-state index in [0.29, 0.717) is 12.0 Å². The molecule has 228 valence electrons. The summed E-state index contributed by atoms with van der Waals surface area (Å²) in [5, 5.41) is 45.5. The van der Waals surface area contributed by atoms with E-state index in [9.17, 15) is 44.4 Å². The maximum absolute atomic E-state index is 13.9. The quantitative estimate of drug-likeness (QED) is 0.180. The molecule has 2 aromatic carbocycles. The molecule has 4 aliphatic rings. The van der Waals surface area contributed by atoms with Gasteiger partial charge in [-0.15, -0.1) is 0 Å². The van der Waals surface area contributed by atoms with Crippen molar-refractivity contribution < 1.29 is 44.4 Å². The second-order valence-electron chi connectivity index (χ2n) is 12.0. The van der Waals surface area contributed by atoms with E-state index in [4.69, 9.17) is 5.73 Å². The number of Topliss-reactive ketones (excluding diaryl/α,β-unsaturated/α-hetero) is 2. The highest BCUT2D eigenvalue weighted by Crippen LogP contribution is 2.53. The highest BCUT2D eigenvalue weighted by atomic mass is 16.3. The number of phenolic OH excluding ortho intramolecular Hbond substituents is 1. The molecule has 0 saturated heterocycles. The van der Waals surface area contributed by atoms with Crippen LogP contribution in [0.3, 0.4) is 0 Å². The molecule has 1 aliphatic heterocycles. The van der Waals surface area contributed by atoms with Gasteiger partial charge in [-0.1, -0.05) is 31.9 Å². The van der Waals surface area contributed by atoms with E-state index >= 15 is 0 Å². The number of unbranched alkanes of at least 4 members (excludes halogenated alkanes) is 2. The second kappa shape index (κ2) is 10.4. The molecule has 1 saturated carbocycles. The van der Waals surface area contributed by atoms with Crippen LogP contribution in [0.4, 0.5) is 0 Å². The molecule has 6 rings (SSSR count). The lowest BCUT2D eigenvalue weighted by Crippen LogP contribution is -2.58. The van der Waals surface area contributed by atoms with Gasteiger partial charge < -0.3 is 26.2 Å². The molecule has 11 nitrogen and oxygen atoms in total. The van der Waals surface area contributed by atoms with Crippen LogP contribution in [0.2, 0.25) is 0 Å². The largest absolute Gasteiger partial charge is 0.508 e. The fourth-order valence-electron chi connectivity index (χ4n) is 7.29. The number of primary amides is 1. The van der Waals surface area contributed by atoms with Gasteiger partial charge in [0, 0.05) is 23.5 Å². The number of aliphatic hydroxyl groups is 3. The van der Waals surface area contributed by atoms with Gasteiger partial charge in [-0.3, -0.25) is 28.9 Å². The van der Waals surface area contributed by atoms with E-state index in [2.05, 4.69) is 6.92 Å². The van der Waals surface area contributed by atoms with Crippen LogP contribution in [-0.2, 0) is 33.8 Å². The van der Waals surface area contributed by atoms with E-state index in [-0.39, 0.29) is 47.2 Å². The summed E-state index contributed by atoms with van der Waals surface area (Å²) in [6.45, 7) is 1.76. The van der Waals surface area contributed by atoms with Gasteiger partial charge in [-0.25, -0.2) is 0 Å². The van der Waals surface area contributed by atoms with Crippen molar-refractivity contribution in [2.24, 2.45) is 17.6 Å². The number of phenols is 1. The lowest BCUT2D eigenvalue weighted by atomic mass is 9.59. The Bertz CT molecular complexity index is 1720. The smallest absolute Gasteiger partial charge is 0.261 e. The number of benzene rings is 2. The molecule has 0 radical (unpaired) electrons. The fourth-order valence-corrected chi connectivity index (χ4v) is 7.29. The van der Waals surface area contributed by atoms with Crippen molar-refractivity contribution in [2.75, 3.05) is 0 Å². The average Bonchev–Trinajstić information content (AvgIpc) is 3.21. The van der Waals surface area contributed by atoms with Crippen molar-refractivity contribution in [3.63, 3.8) is 0 Å². The molecule has 0 bridgehead atoms. The number of imide groups is 1. The van der Waals surface area contributed by atoms with Crippen LogP contribution in [0.25, 0.3) is 5.76 Å². The van der Waals surface area contributed by atoms with E-state index in [1.165, 1.54) is 0 Å². The van der Waals surface area contributed by atoms with Crippen LogP contribution in [0, 0.1) is 11.8 Å². The summed E-state index contributed by atoms with van der Waals surface area (Å²) in [4.78, 5) is 65.7. The Morgan fingerprint density at radius 1 is 1.00 bits per heavy atom. The van der Waals surface area contributed by atoms with Crippen LogP contribution < -0.4 is 5.73 Å². The highest BCUT2D eigenvalue weighted by Gasteiger charge is 2.60. The number of hydrogen-bond donors (Lipinski definition) is 5. The number of aliphatic hydroxyl groups excluding tert-OH is 2. The Labute approximate surface area is 252 Å². The molecule has 1 fully saturated rings. The first-order valence-corrected chi connectivity index (χ1v) is 14.7. The molecule has 0 aromatic heterocycles. The molecule has 3 aliphatic carbocycles. The minimum absolute atomic E-state index is 0.0366. The van der Waals surface area contributed by atoms with Crippen molar-refractivity contribution in [1.82, 2.24) is 4.90 Å². The lowest BCUT2D eigenvalue weighted by Gasteiger charge is -2.46. The Balaban J connectivity index is 1.47. The molecular formula is C33H32N2O9. The summed E-state index contributed by atoms with van der Waals surface area (Å²) in [5.74, 6) is -8.04. The van der Waals surface area contributed by atoms with Crippen LogP contribution in [0.15, 0.2) is 47.2 Å². The van der Waals surface area contributed by atoms with Gasteiger partial charge in [-0.2, -0.15) is 0 Å². The zero-order chi connectivity index (χ0) is 31.7. The number of amides is 3. The molecule has 0 unspecified atom stereocenters. The maximum Gasteiger partial charge on any atom is 0.261 e. The molecule has 3 atom stereocenters. The molecule has 6 N–H and O–H groups in total. The number of ketones is 2. The van der Waals surface area contributed by atoms with Crippen LogP contribution in [0.1, 0.15) is 82.0 Å². The minimum Gasteiger partial charge on any atom is -0.508 e. The lowest BCUT2D eigenvalue weighted by molar-refractivity contribution is -0.147. The Morgan fingerprint density at radius 3 is 2.27 bits per heavy atom. The number of fused-ring (bicyclic) bond motifs is 4. The number of rotatable bonds is 7. The number of carbonyl (C=O) groups is 5. The van der Waals surface area contributed by atoms with E-state index in [0.717, 1.165) is 29.7 Å². The number of aromatic hydroxyl groups is 1. The van der Waals surface area contributed by atoms with Crippen molar-refractivity contribution >= 4 is 35.0 Å². The molecular weight excluding hydrogens is 568 g/mol. The Morgan fingerprint density at radius 2 is 1.66 bits per heavy atom. The SMILES string of the molecule is CCCCCc1cc(CN2C(=O)c3ccccc3C2=O)c(O)c2c1C[C@H]1C[C@H]3CC(=O)C(C(N)=O)=C(O)[C@@]3(O)C(=O)C1=C2O. The summed E-state index contributed by atoms with van der Waals surface area (Å²) >= 11 is 0. The predicted octanol–water partition coefficient (Wildman–Crippen LogP) is 2.95. The van der Waals surface area contributed by atoms with Gasteiger partial charge in [0.2, 0.25) is 5.78 Å². The van der Waals surface area contributed by atoms with Gasteiger partial charge in [0.1, 0.15) is 22.8 Å². The first-order valence-electron chi connectivity index (χ1n) is 14.7. The summed E-state index contributed by atoms with van der Waals surface area (Å²) < 4.78 is 0. The third kappa shape index (κ3) is 4.10. The van der Waals surface area contributed by atoms with Gasteiger partial charge in [-0.05, 0) is 60.9 Å². The van der Waals surface area contributed by atoms with Crippen molar-refractivity contribution in [3.8, 4) is 5.75 Å². The average molecular weight is 601 g/mol. The third-order valence-corrected chi connectivity index (χ3v) is 9.49. The predicted molar refractivity (Wildman–Crippen MR) is 155 cm³/mol. The zero-order valence-corrected chi connectivity index (χ0v) is 24.1. The monoisotopic (exact) mass is 600 g/mol. The number of carbonyl (C=O) groups excluding carboxylic acids is 5. The van der Waals surface area contributed by atoms with Gasteiger partial charge in [0.15, 0.2) is 11.4 Å². The number of nitrogens with zero attached hydrogens (tertiary/aromatic N) is 1. The highest BCUT2D eigenvalue weighted by molar-refractivity contribution is 6.23. The molecule has 1 heterocycles. The van der Waals surface area contributed by atoms with Crippen LogP contribution in [0.5, 0.6) is 5.75 Å². The third-order valence-electron chi connectivity index (χ3n) is 9.49. The molecule has 2 aromatic rings. The minimum atomic E-state index is -2.66. The number of nitrogens with two attached hydrogens (primary N) is 1. The fraction of sp³-hybridized carbons (Fsp3) is 0.364. The van der Waals surface area contributed by atoms with Crippen molar-refractivity contribution in [3.05, 3.63) is 80.6 Å². The van der Waals surface area contributed by atoms with E-state index in [1.54, 1.807) is 30.3 Å². The summed E-state index contributed by atoms with van der Waals surface area (Å²) in [5.41, 5.74) is 3.52. The second-order valence-corrected chi connectivity index (χ2v) is 12.0. The zero-order valence-electron chi connectivity index (χ0n) is 24.1. The number of hydrogen-bond acceptors (Lipinski definition) is 9. The van der Waals surface area contributed by atoms with Crippen molar-refractivity contribution in [2.45, 2.75) is 64.0 Å². The van der Waals surface area contributed by atoms with Gasteiger partial charge >= 0.3 is 0 Å². The van der Waals surface area contributed by atoms with E-state index in [1.807, 2.05) is 0 Å². The van der Waals surface area contributed by atoms with Gasteiger partial charge in [0.25, 0.3) is 17.7 Å². The molecule has 0 spiro atoms. The maximum atomic E-state index is 13.9. The normalized spacial score (nSPS) is 24.4. The van der Waals surface area contributed by atoms with Crippen LogP contribution in [-0.4, -0.2) is 60.2 Å². The van der Waals surface area contributed by atoms with E-state index < -0.39 is 76.0 Å².